The average Bonchev–Trinajstić information content (AvgIpc) is 3.82. The van der Waals surface area contributed by atoms with E-state index in [1.165, 1.54) is 80.0 Å². The Labute approximate surface area is 323 Å². The monoisotopic (exact) mass is 733 g/mol. The summed E-state index contributed by atoms with van der Waals surface area (Å²) < 4.78 is 3.87. The van der Waals surface area contributed by atoms with Crippen LogP contribution in [0.4, 0.5) is 0 Å². The summed E-state index contributed by atoms with van der Waals surface area (Å²) in [5, 5.41) is 5.10. The number of hydrogen-bond acceptors (Lipinski definition) is 4. The molecule has 9 aromatic rings. The Morgan fingerprint density at radius 3 is 2.28 bits per heavy atom. The van der Waals surface area contributed by atoms with Crippen LogP contribution in [0, 0.1) is 13.8 Å². The van der Waals surface area contributed by atoms with Crippen molar-refractivity contribution in [2.45, 2.75) is 47.0 Å². The fourth-order valence-electron chi connectivity index (χ4n) is 8.79. The standard InChI is InChI=1S/C49H39N3S2/c1-7-15-34-28(3)46(53-29(34)4)33(8-2)47-50-40-22-11-9-18-35(40)44(51-47)32-17-13-16-30(26-32)31-24-25-41-39(27-31)49(5,6)38-21-14-20-37-43-36-19-10-12-23-42(36)54-48(43)52(41)45(37)38/h7-27H,1-6H3/b15-7-,33-8+. The first-order valence-electron chi connectivity index (χ1n) is 18.7. The van der Waals surface area contributed by atoms with Gasteiger partial charge in [0.2, 0.25) is 0 Å². The Morgan fingerprint density at radius 1 is 0.704 bits per heavy atom. The largest absolute Gasteiger partial charge is 0.300 e. The quantitative estimate of drug-likeness (QED) is 0.176. The highest BCUT2D eigenvalue weighted by Crippen LogP contribution is 2.51. The number of fused-ring (bicyclic) bond motifs is 8. The maximum Gasteiger partial charge on any atom is 0.161 e. The normalized spacial score (nSPS) is 13.9. The highest BCUT2D eigenvalue weighted by atomic mass is 32.1. The predicted octanol–water partition coefficient (Wildman–Crippen LogP) is 14.1. The second-order valence-corrected chi connectivity index (χ2v) is 17.2. The molecule has 1 aliphatic rings. The van der Waals surface area contributed by atoms with Gasteiger partial charge in [-0.25, -0.2) is 9.97 Å². The second kappa shape index (κ2) is 12.2. The maximum absolute atomic E-state index is 5.37. The van der Waals surface area contributed by atoms with Gasteiger partial charge in [-0.2, -0.15) is 0 Å². The van der Waals surface area contributed by atoms with E-state index in [1.54, 1.807) is 0 Å². The molecule has 5 heterocycles. The highest BCUT2D eigenvalue weighted by molar-refractivity contribution is 7.25. The number of hydrogen-bond donors (Lipinski definition) is 0. The SMILES string of the molecule is C/C=C\c1c(C)sc(/C(=C\C)c2nc(-c3cccc(-c4ccc5c(c4)C(C)(C)c4cccc6c7c8ccccc8sc7n-5c46)c3)c3ccccc3n2)c1C. The first-order chi connectivity index (χ1) is 26.3. The van der Waals surface area contributed by atoms with E-state index in [4.69, 9.17) is 9.97 Å². The molecule has 4 aromatic heterocycles. The fourth-order valence-corrected chi connectivity index (χ4v) is 11.2. The Bertz CT molecular complexity index is 3070. The van der Waals surface area contributed by atoms with E-state index in [9.17, 15) is 0 Å². The molecule has 5 heteroatoms. The Morgan fingerprint density at radius 2 is 1.44 bits per heavy atom. The van der Waals surface area contributed by atoms with Crippen LogP contribution >= 0.6 is 22.7 Å². The summed E-state index contributed by atoms with van der Waals surface area (Å²) >= 11 is 3.72. The van der Waals surface area contributed by atoms with E-state index in [1.807, 2.05) is 22.7 Å². The Hall–Kier alpha value is -5.62. The summed E-state index contributed by atoms with van der Waals surface area (Å²) in [4.78, 5) is 14.4. The molecule has 0 radical (unpaired) electrons. The first kappa shape index (κ1) is 33.0. The van der Waals surface area contributed by atoms with Crippen LogP contribution in [0.25, 0.3) is 81.8 Å². The fraction of sp³-hybridized carbons (Fsp3) is 0.143. The van der Waals surface area contributed by atoms with Crippen molar-refractivity contribution < 1.29 is 0 Å². The molecule has 0 saturated heterocycles. The molecule has 0 amide bonds. The average molecular weight is 734 g/mol. The van der Waals surface area contributed by atoms with E-state index < -0.39 is 0 Å². The Kier molecular flexibility index (Phi) is 7.46. The van der Waals surface area contributed by atoms with E-state index in [-0.39, 0.29) is 5.41 Å². The number of para-hydroxylation sites is 2. The minimum Gasteiger partial charge on any atom is -0.300 e. The van der Waals surface area contributed by atoms with Crippen LogP contribution in [0.2, 0.25) is 0 Å². The lowest BCUT2D eigenvalue weighted by Gasteiger charge is -2.35. The van der Waals surface area contributed by atoms with Gasteiger partial charge in [0, 0.05) is 52.6 Å². The maximum atomic E-state index is 5.37. The van der Waals surface area contributed by atoms with Crippen molar-refractivity contribution in [3.8, 4) is 28.1 Å². The number of allylic oxidation sites excluding steroid dienone is 2. The van der Waals surface area contributed by atoms with E-state index in [0.717, 1.165) is 33.6 Å². The topological polar surface area (TPSA) is 30.7 Å². The van der Waals surface area contributed by atoms with E-state index in [0.29, 0.717) is 0 Å². The predicted molar refractivity (Wildman–Crippen MR) is 234 cm³/mol. The van der Waals surface area contributed by atoms with Gasteiger partial charge in [-0.3, -0.25) is 0 Å². The van der Waals surface area contributed by atoms with Crippen molar-refractivity contribution in [1.82, 2.24) is 14.5 Å². The summed E-state index contributed by atoms with van der Waals surface area (Å²) in [5.41, 5.74) is 14.1. The van der Waals surface area contributed by atoms with Gasteiger partial charge >= 0.3 is 0 Å². The van der Waals surface area contributed by atoms with Crippen LogP contribution < -0.4 is 0 Å². The van der Waals surface area contributed by atoms with Crippen molar-refractivity contribution in [2.75, 3.05) is 0 Å². The summed E-state index contributed by atoms with van der Waals surface area (Å²) in [7, 11) is 0. The first-order valence-corrected chi connectivity index (χ1v) is 20.3. The molecular formula is C49H39N3S2. The summed E-state index contributed by atoms with van der Waals surface area (Å²) in [6, 6.07) is 40.1. The molecule has 0 unspecified atom stereocenters. The molecule has 10 rings (SSSR count). The number of aromatic nitrogens is 3. The van der Waals surface area contributed by atoms with Gasteiger partial charge in [0.1, 0.15) is 4.83 Å². The number of benzene rings is 5. The van der Waals surface area contributed by atoms with Crippen molar-refractivity contribution in [2.24, 2.45) is 0 Å². The van der Waals surface area contributed by atoms with Gasteiger partial charge < -0.3 is 4.57 Å². The van der Waals surface area contributed by atoms with Crippen LogP contribution in [-0.2, 0) is 5.41 Å². The molecule has 54 heavy (non-hydrogen) atoms. The third kappa shape index (κ3) is 4.71. The molecule has 0 N–H and O–H groups in total. The molecular weight excluding hydrogens is 695 g/mol. The van der Waals surface area contributed by atoms with Crippen molar-refractivity contribution in [3.63, 3.8) is 0 Å². The summed E-state index contributed by atoms with van der Waals surface area (Å²) in [5.74, 6) is 0.757. The zero-order valence-electron chi connectivity index (χ0n) is 31.3. The van der Waals surface area contributed by atoms with Crippen LogP contribution in [0.5, 0.6) is 0 Å². The molecule has 5 aromatic carbocycles. The van der Waals surface area contributed by atoms with Crippen molar-refractivity contribution >= 4 is 76.4 Å². The summed E-state index contributed by atoms with van der Waals surface area (Å²) in [6.45, 7) is 13.4. The zero-order chi connectivity index (χ0) is 36.9. The van der Waals surface area contributed by atoms with Gasteiger partial charge in [-0.15, -0.1) is 22.7 Å². The van der Waals surface area contributed by atoms with Crippen LogP contribution in [0.1, 0.15) is 65.5 Å². The third-order valence-electron chi connectivity index (χ3n) is 11.5. The number of thiophene rings is 2. The highest BCUT2D eigenvalue weighted by Gasteiger charge is 2.36. The molecule has 0 atom stereocenters. The van der Waals surface area contributed by atoms with E-state index >= 15 is 0 Å². The molecule has 262 valence electrons. The van der Waals surface area contributed by atoms with Crippen LogP contribution in [-0.4, -0.2) is 14.5 Å². The lowest BCUT2D eigenvalue weighted by atomic mass is 9.74. The molecule has 0 aliphatic carbocycles. The minimum absolute atomic E-state index is 0.180. The van der Waals surface area contributed by atoms with Crippen molar-refractivity contribution in [3.05, 3.63) is 159 Å². The molecule has 0 fully saturated rings. The van der Waals surface area contributed by atoms with E-state index in [2.05, 4.69) is 174 Å². The van der Waals surface area contributed by atoms with Crippen molar-refractivity contribution in [1.29, 1.82) is 0 Å². The van der Waals surface area contributed by atoms with Gasteiger partial charge in [0.05, 0.1) is 22.4 Å². The molecule has 0 saturated carbocycles. The number of rotatable bonds is 5. The second-order valence-electron chi connectivity index (χ2n) is 14.9. The molecule has 0 spiro atoms. The van der Waals surface area contributed by atoms with Gasteiger partial charge in [0.25, 0.3) is 0 Å². The minimum atomic E-state index is -0.180. The molecule has 1 aliphatic heterocycles. The number of nitrogens with zero attached hydrogens (tertiary/aromatic N) is 3. The summed E-state index contributed by atoms with van der Waals surface area (Å²) in [6.07, 6.45) is 6.49. The van der Waals surface area contributed by atoms with Crippen LogP contribution in [0.3, 0.4) is 0 Å². The smallest absolute Gasteiger partial charge is 0.161 e. The van der Waals surface area contributed by atoms with Crippen LogP contribution in [0.15, 0.2) is 121 Å². The Balaban J connectivity index is 1.12. The third-order valence-corrected chi connectivity index (χ3v) is 13.9. The number of aryl methyl sites for hydroxylation is 1. The van der Waals surface area contributed by atoms with Gasteiger partial charge in [0.15, 0.2) is 5.82 Å². The van der Waals surface area contributed by atoms with Gasteiger partial charge in [-0.05, 0) is 91.4 Å². The molecule has 3 nitrogen and oxygen atoms in total. The van der Waals surface area contributed by atoms with Gasteiger partial charge in [-0.1, -0.05) is 111 Å². The zero-order valence-corrected chi connectivity index (χ0v) is 32.9. The molecule has 0 bridgehead atoms. The lowest BCUT2D eigenvalue weighted by Crippen LogP contribution is -2.26. The lowest BCUT2D eigenvalue weighted by molar-refractivity contribution is 0.630.